The monoisotopic (exact) mass is 304 g/mol. The van der Waals surface area contributed by atoms with Crippen LogP contribution in [0.25, 0.3) is 0 Å². The van der Waals surface area contributed by atoms with E-state index in [4.69, 9.17) is 16.3 Å². The number of alkyl halides is 1. The van der Waals surface area contributed by atoms with Crippen molar-refractivity contribution >= 4 is 33.5 Å². The molecule has 0 heterocycles. The molecule has 1 rings (SSSR count). The molecular weight excluding hydrogens is 291 g/mol. The molecule has 16 heavy (non-hydrogen) atoms. The molecule has 4 heteroatoms. The molecule has 1 atom stereocenters. The second-order valence-corrected chi connectivity index (χ2v) is 4.73. The number of carbonyl (C=O) groups is 1. The van der Waals surface area contributed by atoms with Crippen LogP contribution in [0.1, 0.15) is 24.0 Å². The van der Waals surface area contributed by atoms with Crippen LogP contribution in [0, 0.1) is 0 Å². The summed E-state index contributed by atoms with van der Waals surface area (Å²) in [5, 5.41) is 1.58. The molecule has 1 unspecified atom stereocenters. The van der Waals surface area contributed by atoms with Crippen molar-refractivity contribution in [1.29, 1.82) is 0 Å². The smallest absolute Gasteiger partial charge is 0.312 e. The van der Waals surface area contributed by atoms with Crippen molar-refractivity contribution in [3.05, 3.63) is 34.3 Å². The maximum Gasteiger partial charge on any atom is 0.312 e. The first kappa shape index (κ1) is 13.5. The van der Waals surface area contributed by atoms with Crippen LogP contribution < -0.4 is 0 Å². The molecule has 0 aliphatic heterocycles. The van der Waals surface area contributed by atoms with Gasteiger partial charge >= 0.3 is 5.97 Å². The van der Waals surface area contributed by atoms with Gasteiger partial charge in [-0.05, 0) is 30.5 Å². The van der Waals surface area contributed by atoms with Gasteiger partial charge in [-0.25, -0.2) is 0 Å². The Hall–Kier alpha value is -0.540. The molecule has 1 aromatic carbocycles. The normalized spacial score (nSPS) is 12.2. The average molecular weight is 306 g/mol. The number of rotatable bonds is 4. The van der Waals surface area contributed by atoms with E-state index in [0.717, 1.165) is 22.9 Å². The van der Waals surface area contributed by atoms with Gasteiger partial charge in [-0.3, -0.25) is 4.79 Å². The maximum absolute atomic E-state index is 11.4. The minimum Gasteiger partial charge on any atom is -0.469 e. The van der Waals surface area contributed by atoms with Gasteiger partial charge in [0.15, 0.2) is 0 Å². The first-order valence-corrected chi connectivity index (χ1v) is 6.52. The Balaban J connectivity index is 2.92. The van der Waals surface area contributed by atoms with E-state index in [1.165, 1.54) is 7.11 Å². The summed E-state index contributed by atoms with van der Waals surface area (Å²) in [6.07, 6.45) is 0.881. The third-order valence-corrected chi connectivity index (χ3v) is 3.24. The largest absolute Gasteiger partial charge is 0.469 e. The Kier molecular flexibility index (Phi) is 5.29. The summed E-state index contributed by atoms with van der Waals surface area (Å²) in [6.45, 7) is 1.81. The molecule has 0 amide bonds. The van der Waals surface area contributed by atoms with Crippen molar-refractivity contribution in [1.82, 2.24) is 0 Å². The number of hydrogen-bond donors (Lipinski definition) is 0. The topological polar surface area (TPSA) is 26.3 Å². The fraction of sp³-hybridized carbons (Fsp3) is 0.417. The first-order valence-electron chi connectivity index (χ1n) is 5.02. The van der Waals surface area contributed by atoms with E-state index in [2.05, 4.69) is 15.9 Å². The fourth-order valence-corrected chi connectivity index (χ4v) is 2.16. The first-order chi connectivity index (χ1) is 7.60. The molecule has 0 saturated heterocycles. The summed E-state index contributed by atoms with van der Waals surface area (Å²) in [5.74, 6) is -0.523. The van der Waals surface area contributed by atoms with Crippen LogP contribution >= 0.6 is 27.5 Å². The van der Waals surface area contributed by atoms with Gasteiger partial charge < -0.3 is 4.74 Å². The molecule has 88 valence electrons. The summed E-state index contributed by atoms with van der Waals surface area (Å²) < 4.78 is 4.69. The number of ether oxygens (including phenoxy) is 1. The van der Waals surface area contributed by atoms with Gasteiger partial charge in [-0.2, -0.15) is 0 Å². The number of methoxy groups -OCH3 is 1. The second kappa shape index (κ2) is 6.26. The molecule has 1 aromatic rings. The summed E-state index contributed by atoms with van der Waals surface area (Å²) in [5.41, 5.74) is 1.97. The molecule has 0 saturated carbocycles. The van der Waals surface area contributed by atoms with E-state index < -0.39 is 0 Å². The lowest BCUT2D eigenvalue weighted by molar-refractivity contribution is -0.141. The van der Waals surface area contributed by atoms with Gasteiger partial charge in [0.25, 0.3) is 0 Å². The molecule has 0 spiro atoms. The third-order valence-electron chi connectivity index (χ3n) is 2.50. The zero-order chi connectivity index (χ0) is 12.1. The van der Waals surface area contributed by atoms with E-state index in [0.29, 0.717) is 5.02 Å². The number of aryl methyl sites for hydroxylation is 1. The summed E-state index contributed by atoms with van der Waals surface area (Å²) in [4.78, 5) is 11.4. The van der Waals surface area contributed by atoms with Gasteiger partial charge in [0.05, 0.1) is 13.0 Å². The zero-order valence-electron chi connectivity index (χ0n) is 9.30. The van der Waals surface area contributed by atoms with Gasteiger partial charge in [0.2, 0.25) is 0 Å². The van der Waals surface area contributed by atoms with Gasteiger partial charge in [-0.1, -0.05) is 39.7 Å². The molecule has 0 aromatic heterocycles. The summed E-state index contributed by atoms with van der Waals surface area (Å²) in [6, 6.07) is 5.71. The number of carbonyl (C=O) groups excluding carboxylic acids is 1. The lowest BCUT2D eigenvalue weighted by atomic mass is 9.99. The minimum absolute atomic E-state index is 0.246. The van der Waals surface area contributed by atoms with Crippen molar-refractivity contribution in [3.63, 3.8) is 0 Å². The predicted molar refractivity (Wildman–Crippen MR) is 69.4 cm³/mol. The lowest BCUT2D eigenvalue weighted by Crippen LogP contribution is -2.10. The van der Waals surface area contributed by atoms with E-state index >= 15 is 0 Å². The molecule has 0 aliphatic rings. The third kappa shape index (κ3) is 3.22. The molecule has 0 bridgehead atoms. The number of hydrogen-bond acceptors (Lipinski definition) is 2. The van der Waals surface area contributed by atoms with Crippen LogP contribution in [0.4, 0.5) is 0 Å². The Morgan fingerprint density at radius 2 is 2.25 bits per heavy atom. The highest BCUT2D eigenvalue weighted by Gasteiger charge is 2.16. The summed E-state index contributed by atoms with van der Waals surface area (Å²) in [7, 11) is 1.39. The molecule has 0 aliphatic carbocycles. The Morgan fingerprint density at radius 1 is 1.56 bits per heavy atom. The van der Waals surface area contributed by atoms with Gasteiger partial charge in [-0.15, -0.1) is 0 Å². The van der Waals surface area contributed by atoms with Crippen molar-refractivity contribution < 1.29 is 9.53 Å². The zero-order valence-corrected chi connectivity index (χ0v) is 11.6. The standard InChI is InChI=1S/C12H14BrClO2/c1-8(12(15)16-2)10-4-3-9(5-6-13)11(14)7-10/h3-4,7-8H,5-6H2,1-2H3. The minimum atomic E-state index is -0.277. The number of halogens is 2. The molecule has 0 N–H and O–H groups in total. The molecule has 2 nitrogen and oxygen atoms in total. The maximum atomic E-state index is 11.4. The van der Waals surface area contributed by atoms with Crippen LogP contribution in [0.3, 0.4) is 0 Å². The van der Waals surface area contributed by atoms with E-state index in [1.54, 1.807) is 0 Å². The highest BCUT2D eigenvalue weighted by Crippen LogP contribution is 2.24. The van der Waals surface area contributed by atoms with Crippen molar-refractivity contribution in [2.24, 2.45) is 0 Å². The van der Waals surface area contributed by atoms with Gasteiger partial charge in [0, 0.05) is 10.4 Å². The molecular formula is C12H14BrClO2. The highest BCUT2D eigenvalue weighted by atomic mass is 79.9. The predicted octanol–water partition coefficient (Wildman–Crippen LogP) is 3.55. The molecule has 0 fully saturated rings. The molecule has 0 radical (unpaired) electrons. The van der Waals surface area contributed by atoms with Crippen LogP contribution in [-0.4, -0.2) is 18.4 Å². The van der Waals surface area contributed by atoms with E-state index in [-0.39, 0.29) is 11.9 Å². The van der Waals surface area contributed by atoms with Crippen LogP contribution in [0.2, 0.25) is 5.02 Å². The van der Waals surface area contributed by atoms with Gasteiger partial charge in [0.1, 0.15) is 0 Å². The SMILES string of the molecule is COC(=O)C(C)c1ccc(CCBr)c(Cl)c1. The Labute approximate surface area is 109 Å². The second-order valence-electron chi connectivity index (χ2n) is 3.53. The fourth-order valence-electron chi connectivity index (χ4n) is 1.45. The van der Waals surface area contributed by atoms with Crippen molar-refractivity contribution in [3.8, 4) is 0 Å². The van der Waals surface area contributed by atoms with Crippen LogP contribution in [-0.2, 0) is 16.0 Å². The van der Waals surface area contributed by atoms with E-state index in [1.807, 2.05) is 25.1 Å². The van der Waals surface area contributed by atoms with Crippen molar-refractivity contribution in [2.75, 3.05) is 12.4 Å². The summed E-state index contributed by atoms with van der Waals surface area (Å²) >= 11 is 9.50. The lowest BCUT2D eigenvalue weighted by Gasteiger charge is -2.11. The van der Waals surface area contributed by atoms with Crippen molar-refractivity contribution in [2.45, 2.75) is 19.3 Å². The Morgan fingerprint density at radius 3 is 2.75 bits per heavy atom. The Bertz CT molecular complexity index is 379. The average Bonchev–Trinajstić information content (AvgIpc) is 2.30. The number of esters is 1. The quantitative estimate of drug-likeness (QED) is 0.628. The number of benzene rings is 1. The highest BCUT2D eigenvalue weighted by molar-refractivity contribution is 9.09. The van der Waals surface area contributed by atoms with E-state index in [9.17, 15) is 4.79 Å². The van der Waals surface area contributed by atoms with Crippen LogP contribution in [0.5, 0.6) is 0 Å². The van der Waals surface area contributed by atoms with Crippen LogP contribution in [0.15, 0.2) is 18.2 Å².